The number of cyclic esters (lactones) is 1. The molecule has 1 aliphatic rings. The molecule has 0 radical (unpaired) electrons. The summed E-state index contributed by atoms with van der Waals surface area (Å²) in [6.07, 6.45) is 2.66. The van der Waals surface area contributed by atoms with Gasteiger partial charge in [-0.15, -0.1) is 0 Å². The van der Waals surface area contributed by atoms with Gasteiger partial charge in [-0.2, -0.15) is 0 Å². The van der Waals surface area contributed by atoms with Crippen LogP contribution in [0.4, 0.5) is 4.79 Å². The summed E-state index contributed by atoms with van der Waals surface area (Å²) in [7, 11) is 1.63. The highest BCUT2D eigenvalue weighted by Gasteiger charge is 2.51. The van der Waals surface area contributed by atoms with Gasteiger partial charge in [0.2, 0.25) is 0 Å². The lowest BCUT2D eigenvalue weighted by atomic mass is 9.89. The highest BCUT2D eigenvalue weighted by atomic mass is 16.6. The number of carbonyl (C=O) groups excluding carboxylic acids is 2. The van der Waals surface area contributed by atoms with E-state index in [0.29, 0.717) is 0 Å². The van der Waals surface area contributed by atoms with Gasteiger partial charge < -0.3 is 9.47 Å². The standard InChI is InChI=1S/C16H27NO4/c1-10(2)14-16(5,6)21-15(19)17(14)13(18)9-8-11(3)12(4)20-7/h8-12,14H,1-7H3/b9-8+/t11-,12-,14-/m0/s1. The first-order valence-corrected chi connectivity index (χ1v) is 7.39. The van der Waals surface area contributed by atoms with Crippen molar-refractivity contribution >= 4 is 12.0 Å². The van der Waals surface area contributed by atoms with E-state index in [0.717, 1.165) is 0 Å². The van der Waals surface area contributed by atoms with E-state index in [2.05, 4.69) is 0 Å². The predicted octanol–water partition coefficient (Wildman–Crippen LogP) is 3.00. The average molecular weight is 297 g/mol. The molecule has 1 rings (SSSR count). The molecule has 0 spiro atoms. The Morgan fingerprint density at radius 3 is 2.38 bits per heavy atom. The van der Waals surface area contributed by atoms with Crippen LogP contribution in [0.15, 0.2) is 12.2 Å². The van der Waals surface area contributed by atoms with Crippen molar-refractivity contribution < 1.29 is 19.1 Å². The molecule has 0 aliphatic carbocycles. The molecule has 0 bridgehead atoms. The fraction of sp³-hybridized carbons (Fsp3) is 0.750. The van der Waals surface area contributed by atoms with E-state index in [1.807, 2.05) is 41.5 Å². The van der Waals surface area contributed by atoms with Crippen LogP contribution in [0.2, 0.25) is 0 Å². The second-order valence-electron chi connectivity index (χ2n) is 6.53. The summed E-state index contributed by atoms with van der Waals surface area (Å²) in [5.41, 5.74) is -0.666. The Labute approximate surface area is 127 Å². The minimum Gasteiger partial charge on any atom is -0.441 e. The molecule has 0 aromatic carbocycles. The van der Waals surface area contributed by atoms with Gasteiger partial charge in [0.25, 0.3) is 5.91 Å². The Hall–Kier alpha value is -1.36. The van der Waals surface area contributed by atoms with Gasteiger partial charge in [0.15, 0.2) is 0 Å². The molecule has 0 aromatic heterocycles. The van der Waals surface area contributed by atoms with E-state index in [-0.39, 0.29) is 29.9 Å². The quantitative estimate of drug-likeness (QED) is 0.732. The highest BCUT2D eigenvalue weighted by molar-refractivity contribution is 6.00. The van der Waals surface area contributed by atoms with Crippen LogP contribution in [0.25, 0.3) is 0 Å². The summed E-state index contributed by atoms with van der Waals surface area (Å²) < 4.78 is 10.6. The number of imide groups is 1. The summed E-state index contributed by atoms with van der Waals surface area (Å²) >= 11 is 0. The summed E-state index contributed by atoms with van der Waals surface area (Å²) in [5, 5.41) is 0. The first kappa shape index (κ1) is 17.7. The molecule has 2 amide bonds. The number of ether oxygens (including phenoxy) is 2. The van der Waals surface area contributed by atoms with Crippen LogP contribution in [0, 0.1) is 11.8 Å². The number of carbonyl (C=O) groups is 2. The average Bonchev–Trinajstić information content (AvgIpc) is 2.63. The van der Waals surface area contributed by atoms with Crippen molar-refractivity contribution in [3.63, 3.8) is 0 Å². The molecule has 5 nitrogen and oxygen atoms in total. The van der Waals surface area contributed by atoms with Crippen molar-refractivity contribution in [1.82, 2.24) is 4.90 Å². The largest absolute Gasteiger partial charge is 0.441 e. The number of methoxy groups -OCH3 is 1. The molecule has 1 heterocycles. The zero-order valence-electron chi connectivity index (χ0n) is 14.0. The van der Waals surface area contributed by atoms with Gasteiger partial charge in [-0.1, -0.05) is 26.8 Å². The van der Waals surface area contributed by atoms with Gasteiger partial charge in [-0.25, -0.2) is 9.69 Å². The van der Waals surface area contributed by atoms with Crippen molar-refractivity contribution in [1.29, 1.82) is 0 Å². The zero-order chi connectivity index (χ0) is 16.4. The van der Waals surface area contributed by atoms with E-state index in [4.69, 9.17) is 9.47 Å². The highest BCUT2D eigenvalue weighted by Crippen LogP contribution is 2.34. The first-order valence-electron chi connectivity index (χ1n) is 7.39. The lowest BCUT2D eigenvalue weighted by Crippen LogP contribution is -2.47. The molecule has 21 heavy (non-hydrogen) atoms. The molecule has 1 fully saturated rings. The summed E-state index contributed by atoms with van der Waals surface area (Å²) in [5.74, 6) is -0.123. The van der Waals surface area contributed by atoms with Crippen molar-refractivity contribution in [2.75, 3.05) is 7.11 Å². The van der Waals surface area contributed by atoms with Gasteiger partial charge >= 0.3 is 6.09 Å². The molecule has 0 unspecified atom stereocenters. The fourth-order valence-corrected chi connectivity index (χ4v) is 2.77. The van der Waals surface area contributed by atoms with E-state index in [1.54, 1.807) is 13.2 Å². The molecular formula is C16H27NO4. The van der Waals surface area contributed by atoms with Crippen molar-refractivity contribution in [2.45, 2.75) is 59.3 Å². The van der Waals surface area contributed by atoms with Crippen LogP contribution in [0.1, 0.15) is 41.5 Å². The van der Waals surface area contributed by atoms with Crippen molar-refractivity contribution in [2.24, 2.45) is 11.8 Å². The SMILES string of the molecule is CO[C@@H](C)[C@@H](C)/C=C/C(=O)N1C(=O)OC(C)(C)[C@@H]1C(C)C. The van der Waals surface area contributed by atoms with Gasteiger partial charge in [0.1, 0.15) is 5.60 Å². The molecule has 1 saturated heterocycles. The molecule has 1 aliphatic heterocycles. The van der Waals surface area contributed by atoms with E-state index in [9.17, 15) is 9.59 Å². The third-order valence-corrected chi connectivity index (χ3v) is 4.06. The molecule has 5 heteroatoms. The number of hydrogen-bond acceptors (Lipinski definition) is 4. The third kappa shape index (κ3) is 3.84. The number of hydrogen-bond donors (Lipinski definition) is 0. The number of nitrogens with zero attached hydrogens (tertiary/aromatic N) is 1. The van der Waals surface area contributed by atoms with Gasteiger partial charge in [0.05, 0.1) is 12.1 Å². The van der Waals surface area contributed by atoms with Crippen LogP contribution in [0.3, 0.4) is 0 Å². The maximum absolute atomic E-state index is 12.4. The van der Waals surface area contributed by atoms with E-state index >= 15 is 0 Å². The zero-order valence-corrected chi connectivity index (χ0v) is 14.0. The van der Waals surface area contributed by atoms with Crippen LogP contribution in [-0.2, 0) is 14.3 Å². The summed E-state index contributed by atoms with van der Waals surface area (Å²) in [6.45, 7) is 11.5. The van der Waals surface area contributed by atoms with Crippen LogP contribution < -0.4 is 0 Å². The molecular weight excluding hydrogens is 270 g/mol. The minimum absolute atomic E-state index is 0.0110. The predicted molar refractivity (Wildman–Crippen MR) is 80.8 cm³/mol. The van der Waals surface area contributed by atoms with Crippen LogP contribution in [0.5, 0.6) is 0 Å². The summed E-state index contributed by atoms with van der Waals surface area (Å²) in [6, 6.07) is -0.266. The molecule has 120 valence electrons. The molecule has 0 saturated carbocycles. The van der Waals surface area contributed by atoms with Crippen LogP contribution in [-0.4, -0.2) is 41.8 Å². The number of rotatable bonds is 5. The second kappa shape index (κ2) is 6.60. The van der Waals surface area contributed by atoms with Crippen molar-refractivity contribution in [3.05, 3.63) is 12.2 Å². The maximum atomic E-state index is 12.4. The third-order valence-electron chi connectivity index (χ3n) is 4.06. The number of amides is 2. The molecule has 0 aromatic rings. The minimum atomic E-state index is -0.666. The maximum Gasteiger partial charge on any atom is 0.417 e. The lowest BCUT2D eigenvalue weighted by Gasteiger charge is -2.30. The van der Waals surface area contributed by atoms with Gasteiger partial charge in [-0.3, -0.25) is 4.79 Å². The van der Waals surface area contributed by atoms with Crippen molar-refractivity contribution in [3.8, 4) is 0 Å². The Morgan fingerprint density at radius 1 is 1.33 bits per heavy atom. The fourth-order valence-electron chi connectivity index (χ4n) is 2.77. The normalized spacial score (nSPS) is 24.5. The first-order chi connectivity index (χ1) is 9.61. The Morgan fingerprint density at radius 2 is 1.90 bits per heavy atom. The summed E-state index contributed by atoms with van der Waals surface area (Å²) in [4.78, 5) is 25.6. The monoisotopic (exact) mass is 297 g/mol. The Balaban J connectivity index is 2.90. The molecule has 3 atom stereocenters. The Kier molecular flexibility index (Phi) is 5.56. The smallest absolute Gasteiger partial charge is 0.417 e. The lowest BCUT2D eigenvalue weighted by molar-refractivity contribution is -0.125. The van der Waals surface area contributed by atoms with E-state index in [1.165, 1.54) is 11.0 Å². The van der Waals surface area contributed by atoms with E-state index < -0.39 is 11.7 Å². The van der Waals surface area contributed by atoms with Gasteiger partial charge in [0, 0.05) is 19.1 Å². The van der Waals surface area contributed by atoms with Crippen LogP contribution >= 0.6 is 0 Å². The topological polar surface area (TPSA) is 55.8 Å². The van der Waals surface area contributed by atoms with Gasteiger partial charge in [-0.05, 0) is 26.7 Å². The second-order valence-corrected chi connectivity index (χ2v) is 6.53. The Bertz CT molecular complexity index is 428. The molecule has 0 N–H and O–H groups in total.